The van der Waals surface area contributed by atoms with E-state index in [1.54, 1.807) is 60.7 Å². The predicted molar refractivity (Wildman–Crippen MR) is 170 cm³/mol. The third-order valence-corrected chi connectivity index (χ3v) is 10.1. The standard InChI is InChI=1S/C32H37Cl2N3O5S/c1-3-30(32(39)35-25-10-5-4-6-11-25)36(21-23-9-7-8-12-29(23)34)31(38)22-37(26-15-13-24(33)14-16-26)43(40,41)28-19-17-27(42-2)18-20-28/h7-9,12-20,25,30H,3-6,10-11,21-22H2,1-2H3,(H,35,39). The molecule has 1 aliphatic carbocycles. The summed E-state index contributed by atoms with van der Waals surface area (Å²) < 4.78 is 34.2. The second-order valence-electron chi connectivity index (χ2n) is 10.5. The second-order valence-corrected chi connectivity index (χ2v) is 13.3. The SMILES string of the molecule is CCC(C(=O)NC1CCCCC1)N(Cc1ccccc1Cl)C(=O)CN(c1ccc(Cl)cc1)S(=O)(=O)c1ccc(OC)cc1. The Bertz CT molecular complexity index is 1490. The first-order chi connectivity index (χ1) is 20.6. The number of amides is 2. The van der Waals surface area contributed by atoms with Gasteiger partial charge in [0.15, 0.2) is 0 Å². The number of nitrogens with one attached hydrogen (secondary N) is 1. The molecule has 2 amide bonds. The first-order valence-electron chi connectivity index (χ1n) is 14.4. The number of methoxy groups -OCH3 is 1. The van der Waals surface area contributed by atoms with E-state index >= 15 is 0 Å². The zero-order valence-corrected chi connectivity index (χ0v) is 26.7. The highest BCUT2D eigenvalue weighted by Gasteiger charge is 2.34. The van der Waals surface area contributed by atoms with Gasteiger partial charge in [0.25, 0.3) is 10.0 Å². The lowest BCUT2D eigenvalue weighted by molar-refractivity contribution is -0.140. The molecule has 3 aromatic carbocycles. The molecule has 1 aliphatic rings. The lowest BCUT2D eigenvalue weighted by Crippen LogP contribution is -2.54. The van der Waals surface area contributed by atoms with Crippen LogP contribution < -0.4 is 14.4 Å². The number of carbonyl (C=O) groups excluding carboxylic acids is 2. The molecule has 0 aliphatic heterocycles. The Hall–Kier alpha value is -3.27. The van der Waals surface area contributed by atoms with Crippen LogP contribution in [0.4, 0.5) is 5.69 Å². The van der Waals surface area contributed by atoms with Gasteiger partial charge in [-0.2, -0.15) is 0 Å². The van der Waals surface area contributed by atoms with Crippen molar-refractivity contribution in [2.75, 3.05) is 18.0 Å². The molecule has 1 N–H and O–H groups in total. The van der Waals surface area contributed by atoms with Gasteiger partial charge in [-0.1, -0.05) is 67.6 Å². The molecule has 0 radical (unpaired) electrons. The van der Waals surface area contributed by atoms with Gasteiger partial charge in [0, 0.05) is 22.6 Å². The number of rotatable bonds is 12. The summed E-state index contributed by atoms with van der Waals surface area (Å²) in [6, 6.07) is 18.5. The zero-order valence-electron chi connectivity index (χ0n) is 24.3. The van der Waals surface area contributed by atoms with Crippen LogP contribution in [-0.4, -0.2) is 50.9 Å². The zero-order chi connectivity index (χ0) is 31.0. The molecule has 230 valence electrons. The van der Waals surface area contributed by atoms with Gasteiger partial charge in [-0.15, -0.1) is 0 Å². The van der Waals surface area contributed by atoms with Crippen LogP contribution >= 0.6 is 23.2 Å². The van der Waals surface area contributed by atoms with Crippen molar-refractivity contribution in [3.05, 3.63) is 88.4 Å². The van der Waals surface area contributed by atoms with Gasteiger partial charge >= 0.3 is 0 Å². The monoisotopic (exact) mass is 645 g/mol. The quantitative estimate of drug-likeness (QED) is 0.244. The van der Waals surface area contributed by atoms with Crippen LogP contribution in [0.3, 0.4) is 0 Å². The van der Waals surface area contributed by atoms with Crippen LogP contribution in [0.1, 0.15) is 51.0 Å². The molecule has 1 fully saturated rings. The molecule has 0 heterocycles. The second kappa shape index (κ2) is 14.9. The van der Waals surface area contributed by atoms with Crippen LogP contribution in [0.15, 0.2) is 77.7 Å². The Morgan fingerprint density at radius 2 is 1.60 bits per heavy atom. The molecule has 0 bridgehead atoms. The Kier molecular flexibility index (Phi) is 11.3. The van der Waals surface area contributed by atoms with Crippen LogP contribution in [0.2, 0.25) is 10.0 Å². The smallest absolute Gasteiger partial charge is 0.264 e. The van der Waals surface area contributed by atoms with Crippen molar-refractivity contribution >= 4 is 50.7 Å². The number of nitrogens with zero attached hydrogens (tertiary/aromatic N) is 2. The van der Waals surface area contributed by atoms with Crippen LogP contribution in [0.25, 0.3) is 0 Å². The molecule has 3 aromatic rings. The molecule has 4 rings (SSSR count). The number of hydrogen-bond donors (Lipinski definition) is 1. The van der Waals surface area contributed by atoms with Crippen molar-refractivity contribution in [1.82, 2.24) is 10.2 Å². The molecule has 8 nitrogen and oxygen atoms in total. The van der Waals surface area contributed by atoms with Crippen LogP contribution in [0, 0.1) is 0 Å². The number of benzene rings is 3. The normalized spacial score (nSPS) is 14.5. The number of halogens is 2. The van der Waals surface area contributed by atoms with E-state index in [-0.39, 0.29) is 29.1 Å². The number of carbonyl (C=O) groups is 2. The van der Waals surface area contributed by atoms with Crippen molar-refractivity contribution in [3.63, 3.8) is 0 Å². The van der Waals surface area contributed by atoms with Gasteiger partial charge in [0.2, 0.25) is 11.8 Å². The van der Waals surface area contributed by atoms with Crippen molar-refractivity contribution in [1.29, 1.82) is 0 Å². The fraction of sp³-hybridized carbons (Fsp3) is 0.375. The lowest BCUT2D eigenvalue weighted by Gasteiger charge is -2.34. The van der Waals surface area contributed by atoms with E-state index in [0.717, 1.165) is 36.4 Å². The number of hydrogen-bond acceptors (Lipinski definition) is 5. The van der Waals surface area contributed by atoms with E-state index in [0.29, 0.717) is 27.8 Å². The van der Waals surface area contributed by atoms with E-state index in [1.165, 1.54) is 24.1 Å². The number of anilines is 1. The van der Waals surface area contributed by atoms with E-state index < -0.39 is 28.5 Å². The molecule has 1 unspecified atom stereocenters. The molecule has 1 atom stereocenters. The molecular formula is C32H37Cl2N3O5S. The average Bonchev–Trinajstić information content (AvgIpc) is 3.01. The summed E-state index contributed by atoms with van der Waals surface area (Å²) in [7, 11) is -2.73. The summed E-state index contributed by atoms with van der Waals surface area (Å²) in [6.45, 7) is 1.32. The minimum atomic E-state index is -4.22. The van der Waals surface area contributed by atoms with E-state index in [4.69, 9.17) is 27.9 Å². The average molecular weight is 647 g/mol. The van der Waals surface area contributed by atoms with Crippen molar-refractivity contribution < 1.29 is 22.7 Å². The highest BCUT2D eigenvalue weighted by molar-refractivity contribution is 7.92. The Balaban J connectivity index is 1.71. The van der Waals surface area contributed by atoms with Crippen LogP contribution in [0.5, 0.6) is 5.75 Å². The lowest BCUT2D eigenvalue weighted by atomic mass is 9.95. The van der Waals surface area contributed by atoms with Crippen molar-refractivity contribution in [2.45, 2.75) is 69.0 Å². The van der Waals surface area contributed by atoms with Gasteiger partial charge in [-0.3, -0.25) is 13.9 Å². The maximum Gasteiger partial charge on any atom is 0.264 e. The van der Waals surface area contributed by atoms with E-state index in [2.05, 4.69) is 5.32 Å². The topological polar surface area (TPSA) is 96.0 Å². The third-order valence-electron chi connectivity index (χ3n) is 7.68. The first-order valence-corrected chi connectivity index (χ1v) is 16.6. The highest BCUT2D eigenvalue weighted by atomic mass is 35.5. The summed E-state index contributed by atoms with van der Waals surface area (Å²) in [4.78, 5) is 29.3. The minimum Gasteiger partial charge on any atom is -0.497 e. The third kappa shape index (κ3) is 8.22. The summed E-state index contributed by atoms with van der Waals surface area (Å²) in [5, 5.41) is 4.01. The maximum atomic E-state index is 14.2. The Labute approximate surface area is 264 Å². The maximum absolute atomic E-state index is 14.2. The summed E-state index contributed by atoms with van der Waals surface area (Å²) in [5.74, 6) is -0.308. The first kappa shape index (κ1) is 32.6. The molecule has 0 saturated heterocycles. The molecule has 0 spiro atoms. The fourth-order valence-corrected chi connectivity index (χ4v) is 7.02. The largest absolute Gasteiger partial charge is 0.497 e. The van der Waals surface area contributed by atoms with E-state index in [9.17, 15) is 18.0 Å². The summed E-state index contributed by atoms with van der Waals surface area (Å²) in [6.07, 6.45) is 5.35. The molecule has 1 saturated carbocycles. The highest BCUT2D eigenvalue weighted by Crippen LogP contribution is 2.28. The minimum absolute atomic E-state index is 0.0178. The van der Waals surface area contributed by atoms with Crippen LogP contribution in [-0.2, 0) is 26.2 Å². The van der Waals surface area contributed by atoms with Gasteiger partial charge in [-0.05, 0) is 79.4 Å². The molecular weight excluding hydrogens is 609 g/mol. The van der Waals surface area contributed by atoms with Gasteiger partial charge in [-0.25, -0.2) is 8.42 Å². The van der Waals surface area contributed by atoms with Crippen molar-refractivity contribution in [2.24, 2.45) is 0 Å². The number of sulfonamides is 1. The number of ether oxygens (including phenoxy) is 1. The molecule has 11 heteroatoms. The Morgan fingerprint density at radius 3 is 2.21 bits per heavy atom. The van der Waals surface area contributed by atoms with Gasteiger partial charge in [0.1, 0.15) is 18.3 Å². The summed E-state index contributed by atoms with van der Waals surface area (Å²) in [5.41, 5.74) is 0.906. The Morgan fingerprint density at radius 1 is 0.953 bits per heavy atom. The molecule has 0 aromatic heterocycles. The van der Waals surface area contributed by atoms with Gasteiger partial charge < -0.3 is 15.0 Å². The summed E-state index contributed by atoms with van der Waals surface area (Å²) >= 11 is 12.6. The van der Waals surface area contributed by atoms with E-state index in [1.807, 2.05) is 6.92 Å². The fourth-order valence-electron chi connectivity index (χ4n) is 5.28. The predicted octanol–water partition coefficient (Wildman–Crippen LogP) is 6.45. The molecule has 43 heavy (non-hydrogen) atoms. The van der Waals surface area contributed by atoms with Gasteiger partial charge in [0.05, 0.1) is 17.7 Å². The van der Waals surface area contributed by atoms with Crippen molar-refractivity contribution in [3.8, 4) is 5.75 Å².